The fraction of sp³-hybridized carbons (Fsp3) is 0.480. The molecular formula is C25H37IN4O3. The second-order valence-electron chi connectivity index (χ2n) is 8.02. The number of halogens is 1. The Balaban J connectivity index is 0.00000385. The summed E-state index contributed by atoms with van der Waals surface area (Å²) >= 11 is 0. The molecule has 1 heterocycles. The highest BCUT2D eigenvalue weighted by Crippen LogP contribution is 2.28. The highest BCUT2D eigenvalue weighted by Gasteiger charge is 2.21. The number of aliphatic hydroxyl groups is 1. The predicted octanol–water partition coefficient (Wildman–Crippen LogP) is 3.72. The predicted molar refractivity (Wildman–Crippen MR) is 145 cm³/mol. The molecule has 2 aromatic rings. The zero-order valence-corrected chi connectivity index (χ0v) is 22.2. The SMILES string of the molecule is CCNC(=NCc1ccc(OCCO)c(OC)c1)NC1CCCN(c2ccc(C)cc2)C1.I. The van der Waals surface area contributed by atoms with Crippen LogP contribution in [0.5, 0.6) is 11.5 Å². The number of piperidine rings is 1. The molecule has 182 valence electrons. The van der Waals surface area contributed by atoms with Crippen LogP contribution in [-0.4, -0.2) is 57.1 Å². The molecule has 0 radical (unpaired) electrons. The van der Waals surface area contributed by atoms with Crippen LogP contribution in [0.2, 0.25) is 0 Å². The molecule has 3 rings (SSSR count). The molecule has 1 aliphatic rings. The molecule has 1 aliphatic heterocycles. The molecule has 3 N–H and O–H groups in total. The summed E-state index contributed by atoms with van der Waals surface area (Å²) in [7, 11) is 1.61. The van der Waals surface area contributed by atoms with Crippen LogP contribution in [0.25, 0.3) is 0 Å². The van der Waals surface area contributed by atoms with Crippen molar-refractivity contribution in [1.82, 2.24) is 10.6 Å². The van der Waals surface area contributed by atoms with Crippen molar-refractivity contribution in [2.75, 3.05) is 44.9 Å². The third kappa shape index (κ3) is 8.26. The zero-order valence-electron chi connectivity index (χ0n) is 19.8. The number of ether oxygens (including phenoxy) is 2. The van der Waals surface area contributed by atoms with Gasteiger partial charge in [-0.2, -0.15) is 0 Å². The number of hydrogen-bond acceptors (Lipinski definition) is 5. The van der Waals surface area contributed by atoms with Gasteiger partial charge in [-0.1, -0.05) is 23.8 Å². The Hall–Kier alpha value is -2.20. The maximum atomic E-state index is 8.97. The van der Waals surface area contributed by atoms with Gasteiger partial charge in [-0.05, 0) is 56.5 Å². The number of aliphatic hydroxyl groups excluding tert-OH is 1. The van der Waals surface area contributed by atoms with Crippen LogP contribution in [0.15, 0.2) is 47.5 Å². The second kappa shape index (κ2) is 14.1. The van der Waals surface area contributed by atoms with Gasteiger partial charge in [0.25, 0.3) is 0 Å². The van der Waals surface area contributed by atoms with E-state index in [9.17, 15) is 0 Å². The molecule has 0 saturated carbocycles. The van der Waals surface area contributed by atoms with E-state index in [1.807, 2.05) is 18.2 Å². The van der Waals surface area contributed by atoms with Gasteiger partial charge in [0, 0.05) is 31.4 Å². The first-order valence-corrected chi connectivity index (χ1v) is 11.4. The molecule has 2 aromatic carbocycles. The van der Waals surface area contributed by atoms with Crippen LogP contribution in [0.3, 0.4) is 0 Å². The van der Waals surface area contributed by atoms with Gasteiger partial charge in [-0.15, -0.1) is 24.0 Å². The molecule has 1 unspecified atom stereocenters. The molecular weight excluding hydrogens is 531 g/mol. The van der Waals surface area contributed by atoms with E-state index in [1.54, 1.807) is 7.11 Å². The molecule has 0 amide bonds. The number of aliphatic imine (C=N–C) groups is 1. The van der Waals surface area contributed by atoms with E-state index in [-0.39, 0.29) is 37.2 Å². The highest BCUT2D eigenvalue weighted by atomic mass is 127. The largest absolute Gasteiger partial charge is 0.493 e. The first kappa shape index (κ1) is 27.0. The number of aryl methyl sites for hydroxylation is 1. The van der Waals surface area contributed by atoms with Crippen molar-refractivity contribution in [2.45, 2.75) is 39.3 Å². The second-order valence-corrected chi connectivity index (χ2v) is 8.02. The average molecular weight is 569 g/mol. The average Bonchev–Trinajstić information content (AvgIpc) is 2.82. The van der Waals surface area contributed by atoms with Crippen molar-refractivity contribution in [3.8, 4) is 11.5 Å². The van der Waals surface area contributed by atoms with E-state index in [4.69, 9.17) is 19.6 Å². The molecule has 7 nitrogen and oxygen atoms in total. The minimum absolute atomic E-state index is 0. The topological polar surface area (TPSA) is 78.4 Å². The van der Waals surface area contributed by atoms with Gasteiger partial charge in [0.05, 0.1) is 20.3 Å². The van der Waals surface area contributed by atoms with E-state index >= 15 is 0 Å². The van der Waals surface area contributed by atoms with E-state index in [0.29, 0.717) is 24.1 Å². The summed E-state index contributed by atoms with van der Waals surface area (Å²) in [6, 6.07) is 14.9. The molecule has 0 spiro atoms. The summed E-state index contributed by atoms with van der Waals surface area (Å²) in [5.41, 5.74) is 3.59. The quantitative estimate of drug-likeness (QED) is 0.243. The number of benzene rings is 2. The number of rotatable bonds is 9. The Kier molecular flexibility index (Phi) is 11.6. The Morgan fingerprint density at radius 3 is 2.67 bits per heavy atom. The normalized spacial score (nSPS) is 16.1. The van der Waals surface area contributed by atoms with Gasteiger partial charge in [-0.25, -0.2) is 4.99 Å². The van der Waals surface area contributed by atoms with Crippen molar-refractivity contribution >= 4 is 35.6 Å². The van der Waals surface area contributed by atoms with Crippen LogP contribution >= 0.6 is 24.0 Å². The smallest absolute Gasteiger partial charge is 0.191 e. The van der Waals surface area contributed by atoms with Crippen molar-refractivity contribution in [1.29, 1.82) is 0 Å². The van der Waals surface area contributed by atoms with Crippen LogP contribution in [-0.2, 0) is 6.54 Å². The number of nitrogens with zero attached hydrogens (tertiary/aromatic N) is 2. The Labute approximate surface area is 214 Å². The van der Waals surface area contributed by atoms with Gasteiger partial charge in [-0.3, -0.25) is 0 Å². The lowest BCUT2D eigenvalue weighted by Crippen LogP contribution is -2.51. The fourth-order valence-electron chi connectivity index (χ4n) is 3.85. The molecule has 1 fully saturated rings. The maximum Gasteiger partial charge on any atom is 0.191 e. The van der Waals surface area contributed by atoms with E-state index in [1.165, 1.54) is 11.3 Å². The third-order valence-corrected chi connectivity index (χ3v) is 5.50. The third-order valence-electron chi connectivity index (χ3n) is 5.50. The Morgan fingerprint density at radius 1 is 1.18 bits per heavy atom. The lowest BCUT2D eigenvalue weighted by molar-refractivity contribution is 0.196. The van der Waals surface area contributed by atoms with Crippen LogP contribution in [0.1, 0.15) is 30.9 Å². The molecule has 1 atom stereocenters. The van der Waals surface area contributed by atoms with E-state index < -0.39 is 0 Å². The molecule has 8 heteroatoms. The molecule has 1 saturated heterocycles. The monoisotopic (exact) mass is 568 g/mol. The summed E-state index contributed by atoms with van der Waals surface area (Å²) in [5.74, 6) is 2.09. The number of hydrogen-bond donors (Lipinski definition) is 3. The summed E-state index contributed by atoms with van der Waals surface area (Å²) in [6.45, 7) is 7.77. The number of methoxy groups -OCH3 is 1. The lowest BCUT2D eigenvalue weighted by atomic mass is 10.0. The Bertz CT molecular complexity index is 876. The van der Waals surface area contributed by atoms with Crippen molar-refractivity contribution in [3.05, 3.63) is 53.6 Å². The lowest BCUT2D eigenvalue weighted by Gasteiger charge is -2.35. The van der Waals surface area contributed by atoms with Crippen LogP contribution in [0.4, 0.5) is 5.69 Å². The van der Waals surface area contributed by atoms with Gasteiger partial charge in [0.2, 0.25) is 0 Å². The van der Waals surface area contributed by atoms with E-state index in [2.05, 4.69) is 53.6 Å². The van der Waals surface area contributed by atoms with Gasteiger partial charge in [0.1, 0.15) is 6.61 Å². The first-order chi connectivity index (χ1) is 15.6. The van der Waals surface area contributed by atoms with Crippen LogP contribution in [0, 0.1) is 6.92 Å². The van der Waals surface area contributed by atoms with E-state index in [0.717, 1.165) is 44.0 Å². The Morgan fingerprint density at radius 2 is 1.97 bits per heavy atom. The van der Waals surface area contributed by atoms with Gasteiger partial charge >= 0.3 is 0 Å². The fourth-order valence-corrected chi connectivity index (χ4v) is 3.85. The van der Waals surface area contributed by atoms with Gasteiger partial charge < -0.3 is 30.1 Å². The standard InChI is InChI=1S/C25H36N4O3.HI/c1-4-26-25(27-17-20-9-12-23(32-15-14-30)24(16-20)31-3)28-21-6-5-13-29(18-21)22-10-7-19(2)8-11-22;/h7-12,16,21,30H,4-6,13-15,17-18H2,1-3H3,(H2,26,27,28);1H. The molecule has 0 aliphatic carbocycles. The number of nitrogens with one attached hydrogen (secondary N) is 2. The van der Waals surface area contributed by atoms with Crippen molar-refractivity contribution in [2.24, 2.45) is 4.99 Å². The molecule has 0 aromatic heterocycles. The molecule has 0 bridgehead atoms. The summed E-state index contributed by atoms with van der Waals surface area (Å²) in [5, 5.41) is 16.0. The summed E-state index contributed by atoms with van der Waals surface area (Å²) in [6.07, 6.45) is 2.27. The van der Waals surface area contributed by atoms with Crippen molar-refractivity contribution < 1.29 is 14.6 Å². The molecule has 33 heavy (non-hydrogen) atoms. The summed E-state index contributed by atoms with van der Waals surface area (Å²) in [4.78, 5) is 7.24. The van der Waals surface area contributed by atoms with Gasteiger partial charge in [0.15, 0.2) is 17.5 Å². The summed E-state index contributed by atoms with van der Waals surface area (Å²) < 4.78 is 10.9. The number of anilines is 1. The minimum atomic E-state index is -0.0323. The number of guanidine groups is 1. The zero-order chi connectivity index (χ0) is 22.8. The van der Waals surface area contributed by atoms with Crippen molar-refractivity contribution in [3.63, 3.8) is 0 Å². The maximum absolute atomic E-state index is 8.97. The van der Waals surface area contributed by atoms with Crippen LogP contribution < -0.4 is 25.0 Å². The minimum Gasteiger partial charge on any atom is -0.493 e. The highest BCUT2D eigenvalue weighted by molar-refractivity contribution is 14.0. The first-order valence-electron chi connectivity index (χ1n) is 11.4.